The van der Waals surface area contributed by atoms with E-state index in [-0.39, 0.29) is 0 Å². The number of unbranched alkanes of at least 4 members (excludes halogenated alkanes) is 4. The summed E-state index contributed by atoms with van der Waals surface area (Å²) in [7, 11) is 0. The number of hydrogen-bond acceptors (Lipinski definition) is 3. The molecule has 0 radical (unpaired) electrons. The first-order valence-electron chi connectivity index (χ1n) is 6.71. The molecule has 0 spiro atoms. The Balaban J connectivity index is 2.10. The normalized spacial score (nSPS) is 10.1. The van der Waals surface area contributed by atoms with Crippen molar-refractivity contribution in [2.24, 2.45) is 5.73 Å². The molecule has 0 aliphatic rings. The summed E-state index contributed by atoms with van der Waals surface area (Å²) in [5.41, 5.74) is 6.38. The fraction of sp³-hybridized carbons (Fsp3) is 0.600. The quantitative estimate of drug-likeness (QED) is 0.576. The lowest BCUT2D eigenvalue weighted by molar-refractivity contribution is 0.119. The molecule has 0 unspecified atom stereocenters. The molecule has 0 aliphatic heterocycles. The maximum absolute atomic E-state index is 5.66. The smallest absolute Gasteiger partial charge is 0.0809 e. The molecule has 0 bridgehead atoms. The van der Waals surface area contributed by atoms with Crippen LogP contribution in [0.1, 0.15) is 49.5 Å². The number of nitrogens with two attached hydrogens (primary N) is 1. The molecule has 0 aliphatic carbocycles. The SMILES string of the molecule is CCCCCCCOCc1cc(C#CCN)cs1. The van der Waals surface area contributed by atoms with Crippen LogP contribution in [0.2, 0.25) is 0 Å². The van der Waals surface area contributed by atoms with Crippen molar-refractivity contribution in [3.8, 4) is 11.8 Å². The van der Waals surface area contributed by atoms with Gasteiger partial charge in [0.2, 0.25) is 0 Å². The van der Waals surface area contributed by atoms with Gasteiger partial charge in [-0.3, -0.25) is 0 Å². The van der Waals surface area contributed by atoms with Crippen LogP contribution in [-0.4, -0.2) is 13.2 Å². The molecule has 100 valence electrons. The summed E-state index contributed by atoms with van der Waals surface area (Å²) >= 11 is 1.70. The van der Waals surface area contributed by atoms with E-state index < -0.39 is 0 Å². The van der Waals surface area contributed by atoms with E-state index in [1.165, 1.54) is 37.0 Å². The Morgan fingerprint density at radius 2 is 2.11 bits per heavy atom. The average molecular weight is 265 g/mol. The van der Waals surface area contributed by atoms with Crippen LogP contribution < -0.4 is 5.73 Å². The van der Waals surface area contributed by atoms with Gasteiger partial charge in [0, 0.05) is 22.4 Å². The Labute approximate surface area is 115 Å². The Hall–Kier alpha value is -0.820. The maximum Gasteiger partial charge on any atom is 0.0809 e. The predicted molar refractivity (Wildman–Crippen MR) is 78.7 cm³/mol. The van der Waals surface area contributed by atoms with Crippen molar-refractivity contribution in [2.75, 3.05) is 13.2 Å². The highest BCUT2D eigenvalue weighted by molar-refractivity contribution is 7.10. The fourth-order valence-corrected chi connectivity index (χ4v) is 2.41. The molecule has 0 saturated carbocycles. The zero-order valence-corrected chi connectivity index (χ0v) is 12.0. The Morgan fingerprint density at radius 1 is 1.28 bits per heavy atom. The molecule has 1 heterocycles. The van der Waals surface area contributed by atoms with E-state index in [1.807, 2.05) is 0 Å². The third kappa shape index (κ3) is 6.80. The lowest BCUT2D eigenvalue weighted by Crippen LogP contribution is -1.94. The lowest BCUT2D eigenvalue weighted by Gasteiger charge is -2.02. The number of rotatable bonds is 8. The molecule has 0 saturated heterocycles. The van der Waals surface area contributed by atoms with E-state index in [0.717, 1.165) is 12.2 Å². The van der Waals surface area contributed by atoms with E-state index in [1.54, 1.807) is 11.3 Å². The second kappa shape index (κ2) is 10.1. The summed E-state index contributed by atoms with van der Waals surface area (Å²) in [5.74, 6) is 5.89. The molecular formula is C15H23NOS. The highest BCUT2D eigenvalue weighted by Gasteiger charge is 1.98. The minimum Gasteiger partial charge on any atom is -0.376 e. The minimum atomic E-state index is 0.416. The number of thiophene rings is 1. The summed E-state index contributed by atoms with van der Waals surface area (Å²) in [6, 6.07) is 2.09. The van der Waals surface area contributed by atoms with Crippen LogP contribution in [0.15, 0.2) is 11.4 Å². The summed E-state index contributed by atoms with van der Waals surface area (Å²) in [6.45, 7) is 4.23. The number of ether oxygens (including phenoxy) is 1. The second-order valence-corrected chi connectivity index (χ2v) is 5.27. The van der Waals surface area contributed by atoms with Gasteiger partial charge in [-0.2, -0.15) is 0 Å². The first-order valence-corrected chi connectivity index (χ1v) is 7.59. The molecule has 1 aromatic rings. The topological polar surface area (TPSA) is 35.2 Å². The first-order chi connectivity index (χ1) is 8.86. The van der Waals surface area contributed by atoms with Gasteiger partial charge in [0.25, 0.3) is 0 Å². The van der Waals surface area contributed by atoms with Crippen LogP contribution in [0, 0.1) is 11.8 Å². The summed E-state index contributed by atoms with van der Waals surface area (Å²) in [6.07, 6.45) is 6.42. The largest absolute Gasteiger partial charge is 0.376 e. The van der Waals surface area contributed by atoms with Gasteiger partial charge >= 0.3 is 0 Å². The molecule has 0 amide bonds. The molecular weight excluding hydrogens is 242 g/mol. The van der Waals surface area contributed by atoms with Gasteiger partial charge in [0.15, 0.2) is 0 Å². The van der Waals surface area contributed by atoms with E-state index in [0.29, 0.717) is 13.2 Å². The molecule has 2 nitrogen and oxygen atoms in total. The Bertz CT molecular complexity index is 375. The number of hydrogen-bond donors (Lipinski definition) is 1. The van der Waals surface area contributed by atoms with Crippen molar-refractivity contribution >= 4 is 11.3 Å². The van der Waals surface area contributed by atoms with Crippen LogP contribution in [0.3, 0.4) is 0 Å². The first kappa shape index (κ1) is 15.2. The van der Waals surface area contributed by atoms with Gasteiger partial charge in [-0.25, -0.2) is 0 Å². The van der Waals surface area contributed by atoms with Crippen molar-refractivity contribution in [3.63, 3.8) is 0 Å². The van der Waals surface area contributed by atoms with Crippen molar-refractivity contribution < 1.29 is 4.74 Å². The third-order valence-corrected chi connectivity index (χ3v) is 3.54. The van der Waals surface area contributed by atoms with Crippen LogP contribution in [-0.2, 0) is 11.3 Å². The van der Waals surface area contributed by atoms with E-state index in [4.69, 9.17) is 10.5 Å². The van der Waals surface area contributed by atoms with Crippen molar-refractivity contribution in [2.45, 2.75) is 45.6 Å². The second-order valence-electron chi connectivity index (χ2n) is 4.27. The van der Waals surface area contributed by atoms with Crippen molar-refractivity contribution in [3.05, 3.63) is 21.9 Å². The zero-order valence-electron chi connectivity index (χ0n) is 11.2. The van der Waals surface area contributed by atoms with Gasteiger partial charge in [-0.1, -0.05) is 44.4 Å². The van der Waals surface area contributed by atoms with Gasteiger partial charge in [-0.15, -0.1) is 11.3 Å². The summed E-state index contributed by atoms with van der Waals surface area (Å²) in [5, 5.41) is 2.06. The standard InChI is InChI=1S/C15H23NOS/c1-2-3-4-5-6-10-17-12-15-11-14(13-18-15)8-7-9-16/h11,13H,2-6,9-10,12,16H2,1H3. The average Bonchev–Trinajstić information content (AvgIpc) is 2.83. The summed E-state index contributed by atoms with van der Waals surface area (Å²) < 4.78 is 5.66. The van der Waals surface area contributed by atoms with E-state index in [9.17, 15) is 0 Å². The molecule has 0 fully saturated rings. The van der Waals surface area contributed by atoms with Crippen LogP contribution in [0.4, 0.5) is 0 Å². The Kier molecular flexibility index (Phi) is 8.58. The molecule has 0 atom stereocenters. The van der Waals surface area contributed by atoms with Crippen LogP contribution >= 0.6 is 11.3 Å². The van der Waals surface area contributed by atoms with Gasteiger partial charge in [-0.05, 0) is 12.5 Å². The van der Waals surface area contributed by atoms with Crippen molar-refractivity contribution in [1.29, 1.82) is 0 Å². The zero-order chi connectivity index (χ0) is 13.1. The molecule has 2 N–H and O–H groups in total. The molecule has 0 aromatic carbocycles. The van der Waals surface area contributed by atoms with Crippen LogP contribution in [0.25, 0.3) is 0 Å². The van der Waals surface area contributed by atoms with Crippen molar-refractivity contribution in [1.82, 2.24) is 0 Å². The van der Waals surface area contributed by atoms with Gasteiger partial charge in [0.05, 0.1) is 13.2 Å². The van der Waals surface area contributed by atoms with Gasteiger partial charge in [0.1, 0.15) is 0 Å². The molecule has 1 rings (SSSR count). The molecule has 18 heavy (non-hydrogen) atoms. The van der Waals surface area contributed by atoms with Crippen LogP contribution in [0.5, 0.6) is 0 Å². The monoisotopic (exact) mass is 265 g/mol. The molecule has 1 aromatic heterocycles. The predicted octanol–water partition coefficient (Wildman–Crippen LogP) is 3.55. The lowest BCUT2D eigenvalue weighted by atomic mass is 10.2. The summed E-state index contributed by atoms with van der Waals surface area (Å²) in [4.78, 5) is 1.24. The third-order valence-electron chi connectivity index (χ3n) is 2.63. The Morgan fingerprint density at radius 3 is 2.89 bits per heavy atom. The maximum atomic E-state index is 5.66. The highest BCUT2D eigenvalue weighted by atomic mass is 32.1. The fourth-order valence-electron chi connectivity index (χ4n) is 1.66. The molecule has 3 heteroatoms. The highest BCUT2D eigenvalue weighted by Crippen LogP contribution is 2.15. The van der Waals surface area contributed by atoms with E-state index in [2.05, 4.69) is 30.2 Å². The van der Waals surface area contributed by atoms with Gasteiger partial charge < -0.3 is 10.5 Å². The minimum absolute atomic E-state index is 0.416. The van der Waals surface area contributed by atoms with E-state index >= 15 is 0 Å².